The first-order chi connectivity index (χ1) is 9.67. The maximum Gasteiger partial charge on any atom is 0.225 e. The van der Waals surface area contributed by atoms with Crippen molar-refractivity contribution in [3.8, 4) is 0 Å². The van der Waals surface area contributed by atoms with Crippen LogP contribution in [-0.4, -0.2) is 17.0 Å². The molecule has 102 valence electrons. The summed E-state index contributed by atoms with van der Waals surface area (Å²) in [5, 5.41) is 9.41. The second kappa shape index (κ2) is 5.38. The van der Waals surface area contributed by atoms with Crippen LogP contribution in [0.2, 0.25) is 0 Å². The molecule has 0 bridgehead atoms. The molecule has 0 unspecified atom stereocenters. The van der Waals surface area contributed by atoms with Gasteiger partial charge in [-0.25, -0.2) is 4.98 Å². The van der Waals surface area contributed by atoms with Crippen LogP contribution in [0.25, 0.3) is 10.2 Å². The van der Waals surface area contributed by atoms with Crippen molar-refractivity contribution in [3.05, 3.63) is 39.7 Å². The summed E-state index contributed by atoms with van der Waals surface area (Å²) in [5.41, 5.74) is 2.20. The van der Waals surface area contributed by atoms with Crippen molar-refractivity contribution < 1.29 is 0 Å². The van der Waals surface area contributed by atoms with Gasteiger partial charge in [0, 0.05) is 17.2 Å². The topological polar surface area (TPSA) is 49.8 Å². The van der Waals surface area contributed by atoms with E-state index in [1.807, 2.05) is 24.6 Å². The summed E-state index contributed by atoms with van der Waals surface area (Å²) in [5.74, 6) is 1.44. The van der Waals surface area contributed by atoms with Crippen LogP contribution in [0.1, 0.15) is 5.56 Å². The third-order valence-corrected chi connectivity index (χ3v) is 4.64. The number of halogens is 1. The van der Waals surface area contributed by atoms with Crippen molar-refractivity contribution in [2.45, 2.75) is 6.92 Å². The van der Waals surface area contributed by atoms with E-state index in [1.54, 1.807) is 11.3 Å². The van der Waals surface area contributed by atoms with Gasteiger partial charge in [0.25, 0.3) is 0 Å². The molecule has 2 aromatic heterocycles. The van der Waals surface area contributed by atoms with Crippen LogP contribution >= 0.6 is 27.3 Å². The Morgan fingerprint density at radius 2 is 2.05 bits per heavy atom. The van der Waals surface area contributed by atoms with Crippen LogP contribution in [-0.2, 0) is 0 Å². The van der Waals surface area contributed by atoms with Crippen molar-refractivity contribution >= 4 is 54.9 Å². The van der Waals surface area contributed by atoms with E-state index in [4.69, 9.17) is 0 Å². The lowest BCUT2D eigenvalue weighted by Gasteiger charge is -2.09. The number of nitrogens with zero attached hydrogens (tertiary/aromatic N) is 2. The molecule has 0 aliphatic rings. The molecule has 3 aromatic rings. The number of thiophene rings is 1. The summed E-state index contributed by atoms with van der Waals surface area (Å²) < 4.78 is 1.08. The van der Waals surface area contributed by atoms with Crippen LogP contribution in [0.3, 0.4) is 0 Å². The molecular weight excluding hydrogens is 336 g/mol. The summed E-state index contributed by atoms with van der Waals surface area (Å²) in [6.07, 6.45) is 0. The minimum atomic E-state index is 0.619. The first-order valence-corrected chi connectivity index (χ1v) is 7.81. The fourth-order valence-electron chi connectivity index (χ4n) is 1.87. The minimum absolute atomic E-state index is 0.619. The largest absolute Gasteiger partial charge is 0.357 e. The van der Waals surface area contributed by atoms with E-state index in [1.165, 1.54) is 5.56 Å². The number of hydrogen-bond donors (Lipinski definition) is 2. The van der Waals surface area contributed by atoms with E-state index in [9.17, 15) is 0 Å². The zero-order valence-electron chi connectivity index (χ0n) is 11.1. The Balaban J connectivity index is 2.04. The predicted octanol–water partition coefficient (Wildman–Crippen LogP) is 4.55. The van der Waals surface area contributed by atoms with Gasteiger partial charge in [0.15, 0.2) is 0 Å². The predicted molar refractivity (Wildman–Crippen MR) is 89.1 cm³/mol. The van der Waals surface area contributed by atoms with Crippen molar-refractivity contribution in [2.24, 2.45) is 0 Å². The third kappa shape index (κ3) is 2.48. The summed E-state index contributed by atoms with van der Waals surface area (Å²) in [7, 11) is 1.82. The number of nitrogens with one attached hydrogen (secondary N) is 2. The zero-order valence-corrected chi connectivity index (χ0v) is 13.5. The summed E-state index contributed by atoms with van der Waals surface area (Å²) in [6.45, 7) is 2.06. The molecule has 0 aliphatic carbocycles. The van der Waals surface area contributed by atoms with E-state index in [0.717, 1.165) is 26.2 Å². The highest BCUT2D eigenvalue weighted by atomic mass is 79.9. The first kappa shape index (κ1) is 13.3. The number of fused-ring (bicyclic) bond motifs is 1. The van der Waals surface area contributed by atoms with Gasteiger partial charge in [-0.2, -0.15) is 4.98 Å². The smallest absolute Gasteiger partial charge is 0.225 e. The maximum atomic E-state index is 4.50. The van der Waals surface area contributed by atoms with E-state index in [0.29, 0.717) is 5.95 Å². The number of hydrogen-bond acceptors (Lipinski definition) is 5. The second-order valence-corrected chi connectivity index (χ2v) is 6.12. The third-order valence-electron chi connectivity index (χ3n) is 2.98. The van der Waals surface area contributed by atoms with E-state index < -0.39 is 0 Å². The molecule has 3 rings (SSSR count). The van der Waals surface area contributed by atoms with Crippen LogP contribution in [0.15, 0.2) is 34.1 Å². The molecule has 0 spiro atoms. The maximum absolute atomic E-state index is 4.50. The Bertz CT molecular complexity index is 769. The number of aryl methyl sites for hydroxylation is 1. The number of benzene rings is 1. The molecule has 0 saturated heterocycles. The lowest BCUT2D eigenvalue weighted by molar-refractivity contribution is 1.20. The van der Waals surface area contributed by atoms with Crippen molar-refractivity contribution in [3.63, 3.8) is 0 Å². The fraction of sp³-hybridized carbons (Fsp3) is 0.143. The molecule has 0 aliphatic heterocycles. The van der Waals surface area contributed by atoms with Crippen LogP contribution in [0.4, 0.5) is 17.5 Å². The van der Waals surface area contributed by atoms with Crippen LogP contribution in [0.5, 0.6) is 0 Å². The summed E-state index contributed by atoms with van der Waals surface area (Å²) >= 11 is 5.15. The molecular formula is C14H13BrN4S. The van der Waals surface area contributed by atoms with Crippen molar-refractivity contribution in [2.75, 3.05) is 17.7 Å². The number of aromatic nitrogens is 2. The van der Waals surface area contributed by atoms with E-state index in [2.05, 4.69) is 55.6 Å². The fourth-order valence-corrected chi connectivity index (χ4v) is 3.01. The van der Waals surface area contributed by atoms with Gasteiger partial charge in [0.2, 0.25) is 5.95 Å². The molecule has 0 radical (unpaired) electrons. The normalized spacial score (nSPS) is 10.8. The van der Waals surface area contributed by atoms with Gasteiger partial charge in [0.1, 0.15) is 10.6 Å². The Kier molecular flexibility index (Phi) is 3.58. The molecule has 2 N–H and O–H groups in total. The molecule has 2 heterocycles. The molecule has 0 atom stereocenters. The SMILES string of the molecule is CNc1nc(Nc2ccc(C)c(Br)c2)c2ccsc2n1. The average Bonchev–Trinajstić information content (AvgIpc) is 2.91. The molecule has 6 heteroatoms. The highest BCUT2D eigenvalue weighted by Crippen LogP contribution is 2.30. The van der Waals surface area contributed by atoms with E-state index in [-0.39, 0.29) is 0 Å². The summed E-state index contributed by atoms with van der Waals surface area (Å²) in [6, 6.07) is 8.19. The lowest BCUT2D eigenvalue weighted by atomic mass is 10.2. The van der Waals surface area contributed by atoms with Gasteiger partial charge in [-0.05, 0) is 36.1 Å². The monoisotopic (exact) mass is 348 g/mol. The van der Waals surface area contributed by atoms with Crippen molar-refractivity contribution in [1.29, 1.82) is 0 Å². The lowest BCUT2D eigenvalue weighted by Crippen LogP contribution is -2.00. The van der Waals surface area contributed by atoms with Crippen LogP contribution in [0, 0.1) is 6.92 Å². The van der Waals surface area contributed by atoms with Gasteiger partial charge >= 0.3 is 0 Å². The zero-order chi connectivity index (χ0) is 14.1. The molecule has 0 saturated carbocycles. The Labute approximate surface area is 129 Å². The van der Waals surface area contributed by atoms with Gasteiger partial charge in [-0.3, -0.25) is 0 Å². The Morgan fingerprint density at radius 1 is 1.20 bits per heavy atom. The number of rotatable bonds is 3. The standard InChI is InChI=1S/C14H13BrN4S/c1-8-3-4-9(7-11(8)15)17-12-10-5-6-20-13(10)19-14(16-2)18-12/h3-7H,1-2H3,(H2,16,17,18,19). The highest BCUT2D eigenvalue weighted by molar-refractivity contribution is 9.10. The van der Waals surface area contributed by atoms with Crippen LogP contribution < -0.4 is 10.6 Å². The van der Waals surface area contributed by atoms with Gasteiger partial charge in [-0.1, -0.05) is 22.0 Å². The number of anilines is 3. The average molecular weight is 349 g/mol. The first-order valence-electron chi connectivity index (χ1n) is 6.13. The van der Waals surface area contributed by atoms with Gasteiger partial charge in [0.05, 0.1) is 5.39 Å². The van der Waals surface area contributed by atoms with Gasteiger partial charge in [-0.15, -0.1) is 11.3 Å². The van der Waals surface area contributed by atoms with E-state index >= 15 is 0 Å². The molecule has 20 heavy (non-hydrogen) atoms. The summed E-state index contributed by atoms with van der Waals surface area (Å²) in [4.78, 5) is 9.90. The molecule has 4 nitrogen and oxygen atoms in total. The second-order valence-electron chi connectivity index (χ2n) is 4.37. The Morgan fingerprint density at radius 3 is 2.80 bits per heavy atom. The van der Waals surface area contributed by atoms with Gasteiger partial charge < -0.3 is 10.6 Å². The molecule has 1 aromatic carbocycles. The minimum Gasteiger partial charge on any atom is -0.357 e. The Hall–Kier alpha value is -1.66. The van der Waals surface area contributed by atoms with Crippen molar-refractivity contribution in [1.82, 2.24) is 9.97 Å². The highest BCUT2D eigenvalue weighted by Gasteiger charge is 2.09. The quantitative estimate of drug-likeness (QED) is 0.729. The molecule has 0 amide bonds. The molecule has 0 fully saturated rings.